The zero-order valence-corrected chi connectivity index (χ0v) is 7.81. The molecule has 3 heteroatoms. The van der Waals surface area contributed by atoms with Crippen molar-refractivity contribution in [2.24, 2.45) is 35.5 Å². The standard InChI is InChI=1S/C11H12O3/c12-10-8-4-1-2-5(7-3-6(4)7)9(8)11(13)14-10/h4-9H,1-3H2. The maximum Gasteiger partial charge on any atom is 0.317 e. The van der Waals surface area contributed by atoms with Crippen LogP contribution in [0.5, 0.6) is 0 Å². The van der Waals surface area contributed by atoms with Crippen molar-refractivity contribution in [1.29, 1.82) is 0 Å². The molecule has 0 aromatic heterocycles. The predicted octanol–water partition coefficient (Wildman–Crippen LogP) is 0.978. The monoisotopic (exact) mass is 192 g/mol. The van der Waals surface area contributed by atoms with Crippen LogP contribution in [0.4, 0.5) is 0 Å². The van der Waals surface area contributed by atoms with Gasteiger partial charge in [0.25, 0.3) is 0 Å². The molecular weight excluding hydrogens is 180 g/mol. The number of carbonyl (C=O) groups is 2. The third-order valence-electron chi connectivity index (χ3n) is 4.88. The predicted molar refractivity (Wildman–Crippen MR) is 45.9 cm³/mol. The Kier molecular flexibility index (Phi) is 1.09. The highest BCUT2D eigenvalue weighted by Gasteiger charge is 2.67. The molecule has 74 valence electrons. The molecule has 1 saturated heterocycles. The van der Waals surface area contributed by atoms with E-state index in [0.717, 1.165) is 24.7 Å². The van der Waals surface area contributed by atoms with Crippen molar-refractivity contribution in [2.45, 2.75) is 19.3 Å². The molecule has 0 radical (unpaired) electrons. The average Bonchev–Trinajstić information content (AvgIpc) is 2.92. The van der Waals surface area contributed by atoms with Crippen LogP contribution in [0.15, 0.2) is 0 Å². The van der Waals surface area contributed by atoms with E-state index in [4.69, 9.17) is 4.74 Å². The third kappa shape index (κ3) is 0.645. The summed E-state index contributed by atoms with van der Waals surface area (Å²) in [6, 6.07) is 0. The smallest absolute Gasteiger partial charge is 0.317 e. The van der Waals surface area contributed by atoms with Crippen molar-refractivity contribution in [3.05, 3.63) is 0 Å². The lowest BCUT2D eigenvalue weighted by Crippen LogP contribution is -2.43. The van der Waals surface area contributed by atoms with Crippen LogP contribution in [0.3, 0.4) is 0 Å². The Morgan fingerprint density at radius 1 is 0.857 bits per heavy atom. The molecular formula is C11H12O3. The van der Waals surface area contributed by atoms with Crippen LogP contribution in [0, 0.1) is 35.5 Å². The first-order valence-electron chi connectivity index (χ1n) is 5.53. The fraction of sp³-hybridized carbons (Fsp3) is 0.818. The fourth-order valence-corrected chi connectivity index (χ4v) is 4.34. The summed E-state index contributed by atoms with van der Waals surface area (Å²) < 4.78 is 4.78. The van der Waals surface area contributed by atoms with E-state index in [9.17, 15) is 9.59 Å². The van der Waals surface area contributed by atoms with Gasteiger partial charge in [0.05, 0.1) is 11.8 Å². The minimum atomic E-state index is -0.222. The number of esters is 2. The lowest BCUT2D eigenvalue weighted by Gasteiger charge is -2.41. The summed E-state index contributed by atoms with van der Waals surface area (Å²) in [7, 11) is 0. The second kappa shape index (κ2) is 2.05. The van der Waals surface area contributed by atoms with E-state index in [1.807, 2.05) is 0 Å². The lowest BCUT2D eigenvalue weighted by atomic mass is 9.59. The second-order valence-corrected chi connectivity index (χ2v) is 5.26. The van der Waals surface area contributed by atoms with Crippen molar-refractivity contribution in [3.63, 3.8) is 0 Å². The third-order valence-corrected chi connectivity index (χ3v) is 4.88. The van der Waals surface area contributed by atoms with Crippen molar-refractivity contribution >= 4 is 11.9 Å². The minimum absolute atomic E-state index is 0.0509. The summed E-state index contributed by atoms with van der Waals surface area (Å²) in [5.74, 6) is 1.93. The van der Waals surface area contributed by atoms with Gasteiger partial charge in [-0.25, -0.2) is 0 Å². The summed E-state index contributed by atoms with van der Waals surface area (Å²) in [6.45, 7) is 0. The van der Waals surface area contributed by atoms with Gasteiger partial charge in [-0.05, 0) is 42.9 Å². The number of carbonyl (C=O) groups excluding carboxylic acids is 2. The van der Waals surface area contributed by atoms with Gasteiger partial charge in [0.15, 0.2) is 0 Å². The molecule has 3 nitrogen and oxygen atoms in total. The van der Waals surface area contributed by atoms with Gasteiger partial charge in [-0.15, -0.1) is 0 Å². The molecule has 5 fully saturated rings. The average molecular weight is 192 g/mol. The van der Waals surface area contributed by atoms with Gasteiger partial charge < -0.3 is 4.74 Å². The minimum Gasteiger partial charge on any atom is -0.393 e. The largest absolute Gasteiger partial charge is 0.393 e. The first-order valence-corrected chi connectivity index (χ1v) is 5.53. The first kappa shape index (κ1) is 7.43. The van der Waals surface area contributed by atoms with E-state index < -0.39 is 0 Å². The van der Waals surface area contributed by atoms with Crippen LogP contribution in [-0.4, -0.2) is 11.9 Å². The van der Waals surface area contributed by atoms with Crippen molar-refractivity contribution in [1.82, 2.24) is 0 Å². The summed E-state index contributed by atoms with van der Waals surface area (Å²) >= 11 is 0. The molecule has 0 aromatic rings. The normalized spacial score (nSPS) is 58.0. The highest BCUT2D eigenvalue weighted by molar-refractivity contribution is 5.97. The quantitative estimate of drug-likeness (QED) is 0.424. The van der Waals surface area contributed by atoms with Crippen molar-refractivity contribution in [3.8, 4) is 0 Å². The molecule has 2 bridgehead atoms. The summed E-state index contributed by atoms with van der Waals surface area (Å²) in [6.07, 6.45) is 3.56. The number of fused-ring (bicyclic) bond motifs is 1. The van der Waals surface area contributed by atoms with E-state index in [1.54, 1.807) is 0 Å². The Bertz CT molecular complexity index is 316. The topological polar surface area (TPSA) is 43.4 Å². The van der Waals surface area contributed by atoms with E-state index in [2.05, 4.69) is 0 Å². The highest BCUT2D eigenvalue weighted by Crippen LogP contribution is 2.67. The lowest BCUT2D eigenvalue weighted by molar-refractivity contribution is -0.154. The van der Waals surface area contributed by atoms with Gasteiger partial charge in [-0.2, -0.15) is 0 Å². The van der Waals surface area contributed by atoms with Gasteiger partial charge in [-0.3, -0.25) is 9.59 Å². The second-order valence-electron chi connectivity index (χ2n) is 5.26. The maximum atomic E-state index is 11.5. The fourth-order valence-electron chi connectivity index (χ4n) is 4.34. The van der Waals surface area contributed by atoms with Crippen LogP contribution < -0.4 is 0 Å². The Labute approximate surface area is 81.8 Å². The first-order chi connectivity index (χ1) is 6.77. The number of ether oxygens (including phenoxy) is 1. The van der Waals surface area contributed by atoms with Gasteiger partial charge in [0.2, 0.25) is 0 Å². The molecule has 0 aromatic carbocycles. The molecule has 1 aliphatic heterocycles. The molecule has 1 heterocycles. The Hall–Kier alpha value is -0.860. The van der Waals surface area contributed by atoms with Gasteiger partial charge >= 0.3 is 11.9 Å². The molecule has 6 unspecified atom stereocenters. The van der Waals surface area contributed by atoms with Crippen LogP contribution >= 0.6 is 0 Å². The molecule has 5 aliphatic rings. The van der Waals surface area contributed by atoms with E-state index >= 15 is 0 Å². The van der Waals surface area contributed by atoms with Gasteiger partial charge in [-0.1, -0.05) is 0 Å². The van der Waals surface area contributed by atoms with E-state index in [1.165, 1.54) is 6.42 Å². The van der Waals surface area contributed by atoms with Gasteiger partial charge in [0.1, 0.15) is 0 Å². The number of hydrogen-bond acceptors (Lipinski definition) is 3. The Morgan fingerprint density at radius 3 is 1.86 bits per heavy atom. The zero-order valence-electron chi connectivity index (χ0n) is 7.81. The van der Waals surface area contributed by atoms with Crippen molar-refractivity contribution in [2.75, 3.05) is 0 Å². The summed E-state index contributed by atoms with van der Waals surface area (Å²) in [5, 5.41) is 0. The molecule has 4 saturated carbocycles. The Morgan fingerprint density at radius 2 is 1.36 bits per heavy atom. The number of rotatable bonds is 0. The number of hydrogen-bond donors (Lipinski definition) is 0. The molecule has 0 amide bonds. The van der Waals surface area contributed by atoms with Crippen LogP contribution in [0.25, 0.3) is 0 Å². The van der Waals surface area contributed by atoms with Crippen LogP contribution in [0.2, 0.25) is 0 Å². The van der Waals surface area contributed by atoms with E-state index in [-0.39, 0.29) is 23.8 Å². The zero-order chi connectivity index (χ0) is 9.45. The molecule has 4 aliphatic carbocycles. The van der Waals surface area contributed by atoms with Crippen LogP contribution in [-0.2, 0) is 14.3 Å². The Balaban J connectivity index is 1.83. The van der Waals surface area contributed by atoms with Gasteiger partial charge in [0, 0.05) is 0 Å². The molecule has 0 spiro atoms. The highest BCUT2D eigenvalue weighted by atomic mass is 16.6. The number of cyclic esters (lactones) is 2. The van der Waals surface area contributed by atoms with Crippen molar-refractivity contribution < 1.29 is 14.3 Å². The van der Waals surface area contributed by atoms with E-state index in [0.29, 0.717) is 11.8 Å². The molecule has 0 N–H and O–H groups in total. The molecule has 14 heavy (non-hydrogen) atoms. The summed E-state index contributed by atoms with van der Waals surface area (Å²) in [4.78, 5) is 23.1. The molecule has 5 rings (SSSR count). The summed E-state index contributed by atoms with van der Waals surface area (Å²) in [5.41, 5.74) is 0. The van der Waals surface area contributed by atoms with Crippen LogP contribution in [0.1, 0.15) is 19.3 Å². The maximum absolute atomic E-state index is 11.5. The molecule has 6 atom stereocenters. The SMILES string of the molecule is O=C1OC(=O)C2C3CCC(C4CC43)C12.